The molecule has 1 aliphatic rings. The van der Waals surface area contributed by atoms with Gasteiger partial charge in [0, 0.05) is 13.2 Å². The van der Waals surface area contributed by atoms with Crippen LogP contribution >= 0.6 is 12.2 Å². The normalized spacial score (nSPS) is 15.4. The Morgan fingerprint density at radius 3 is 2.10 bits per heavy atom. The highest BCUT2D eigenvalue weighted by Gasteiger charge is 2.16. The maximum atomic E-state index is 5.87. The summed E-state index contributed by atoms with van der Waals surface area (Å²) < 4.78 is 17.3. The molecule has 1 unspecified atom stereocenters. The average Bonchev–Trinajstić information content (AvgIpc) is 3.27. The summed E-state index contributed by atoms with van der Waals surface area (Å²) in [6.07, 6.45) is 2.28. The van der Waals surface area contributed by atoms with E-state index in [9.17, 15) is 0 Å². The SMILES string of the molecule is S=C(NCC1CCCO1)Nc1nc(Oc2ccccc2)cc(Oc2ccccc2)n1. The van der Waals surface area contributed by atoms with E-state index in [-0.39, 0.29) is 12.1 Å². The molecular formula is C22H22N4O3S. The van der Waals surface area contributed by atoms with Crippen LogP contribution < -0.4 is 20.1 Å². The quantitative estimate of drug-likeness (QED) is 0.538. The summed E-state index contributed by atoms with van der Waals surface area (Å²) in [5, 5.41) is 6.56. The van der Waals surface area contributed by atoms with E-state index in [1.54, 1.807) is 6.07 Å². The molecule has 2 N–H and O–H groups in total. The first-order chi connectivity index (χ1) is 14.7. The lowest BCUT2D eigenvalue weighted by Crippen LogP contribution is -2.35. The Hall–Kier alpha value is -3.23. The molecule has 0 aliphatic carbocycles. The summed E-state index contributed by atoms with van der Waals surface area (Å²) in [6, 6.07) is 20.4. The predicted molar refractivity (Wildman–Crippen MR) is 118 cm³/mol. The molecule has 0 bridgehead atoms. The molecule has 154 valence electrons. The summed E-state index contributed by atoms with van der Waals surface area (Å²) in [7, 11) is 0. The number of thiocarbonyl (C=S) groups is 1. The molecule has 4 rings (SSSR count). The molecule has 0 radical (unpaired) electrons. The third kappa shape index (κ3) is 5.88. The summed E-state index contributed by atoms with van der Waals surface area (Å²) in [5.41, 5.74) is 0. The number of ether oxygens (including phenoxy) is 3. The minimum atomic E-state index is 0.176. The number of hydrogen-bond acceptors (Lipinski definition) is 6. The maximum absolute atomic E-state index is 5.87. The monoisotopic (exact) mass is 422 g/mol. The zero-order valence-electron chi connectivity index (χ0n) is 16.3. The topological polar surface area (TPSA) is 77.5 Å². The fourth-order valence-corrected chi connectivity index (χ4v) is 3.12. The van der Waals surface area contributed by atoms with Crippen LogP contribution in [0.15, 0.2) is 66.7 Å². The minimum absolute atomic E-state index is 0.176. The fourth-order valence-electron chi connectivity index (χ4n) is 2.94. The van der Waals surface area contributed by atoms with Crippen molar-refractivity contribution in [1.29, 1.82) is 0 Å². The van der Waals surface area contributed by atoms with E-state index in [1.165, 1.54) is 0 Å². The van der Waals surface area contributed by atoms with Crippen molar-refractivity contribution in [2.75, 3.05) is 18.5 Å². The first-order valence-electron chi connectivity index (χ1n) is 9.76. The molecule has 1 aromatic heterocycles. The van der Waals surface area contributed by atoms with Crippen LogP contribution in [0.5, 0.6) is 23.3 Å². The number of rotatable bonds is 7. The van der Waals surface area contributed by atoms with Gasteiger partial charge in [-0.1, -0.05) is 36.4 Å². The molecule has 8 heteroatoms. The molecule has 7 nitrogen and oxygen atoms in total. The largest absolute Gasteiger partial charge is 0.439 e. The summed E-state index contributed by atoms with van der Waals surface area (Å²) in [6.45, 7) is 1.44. The van der Waals surface area contributed by atoms with E-state index in [0.717, 1.165) is 19.4 Å². The molecule has 1 fully saturated rings. The smallest absolute Gasteiger partial charge is 0.235 e. The van der Waals surface area contributed by atoms with Gasteiger partial charge in [-0.05, 0) is 49.3 Å². The van der Waals surface area contributed by atoms with Crippen molar-refractivity contribution in [3.8, 4) is 23.3 Å². The van der Waals surface area contributed by atoms with E-state index >= 15 is 0 Å². The van der Waals surface area contributed by atoms with Gasteiger partial charge in [0.2, 0.25) is 17.7 Å². The van der Waals surface area contributed by atoms with Crippen molar-refractivity contribution in [3.63, 3.8) is 0 Å². The van der Waals surface area contributed by atoms with Crippen LogP contribution in [0.25, 0.3) is 0 Å². The highest BCUT2D eigenvalue weighted by atomic mass is 32.1. The van der Waals surface area contributed by atoms with Crippen LogP contribution in [-0.2, 0) is 4.74 Å². The van der Waals surface area contributed by atoms with Gasteiger partial charge in [-0.25, -0.2) is 0 Å². The van der Waals surface area contributed by atoms with Crippen molar-refractivity contribution in [2.24, 2.45) is 0 Å². The van der Waals surface area contributed by atoms with E-state index in [4.69, 9.17) is 26.4 Å². The van der Waals surface area contributed by atoms with Crippen molar-refractivity contribution in [1.82, 2.24) is 15.3 Å². The highest BCUT2D eigenvalue weighted by molar-refractivity contribution is 7.80. The van der Waals surface area contributed by atoms with Gasteiger partial charge in [-0.3, -0.25) is 0 Å². The van der Waals surface area contributed by atoms with E-state index < -0.39 is 0 Å². The van der Waals surface area contributed by atoms with E-state index in [2.05, 4.69) is 20.6 Å². The Bertz CT molecular complexity index is 907. The second-order valence-corrected chi connectivity index (χ2v) is 7.08. The second kappa shape index (κ2) is 10.00. The highest BCUT2D eigenvalue weighted by Crippen LogP contribution is 2.27. The number of hydrogen-bond donors (Lipinski definition) is 2. The molecule has 2 aromatic carbocycles. The van der Waals surface area contributed by atoms with Crippen molar-refractivity contribution < 1.29 is 14.2 Å². The van der Waals surface area contributed by atoms with Gasteiger partial charge < -0.3 is 24.8 Å². The van der Waals surface area contributed by atoms with Crippen molar-refractivity contribution >= 4 is 23.3 Å². The van der Waals surface area contributed by atoms with Gasteiger partial charge in [0.25, 0.3) is 0 Å². The second-order valence-electron chi connectivity index (χ2n) is 6.67. The Morgan fingerprint density at radius 1 is 0.967 bits per heavy atom. The summed E-state index contributed by atoms with van der Waals surface area (Å²) in [5.74, 6) is 2.27. The van der Waals surface area contributed by atoms with E-state index in [0.29, 0.717) is 34.9 Å². The third-order valence-electron chi connectivity index (χ3n) is 4.35. The fraction of sp³-hybridized carbons (Fsp3) is 0.227. The molecule has 0 spiro atoms. The summed E-state index contributed by atoms with van der Waals surface area (Å²) >= 11 is 5.38. The molecule has 2 heterocycles. The molecule has 1 saturated heterocycles. The molecule has 30 heavy (non-hydrogen) atoms. The molecule has 3 aromatic rings. The first-order valence-corrected chi connectivity index (χ1v) is 10.2. The van der Waals surface area contributed by atoms with Crippen LogP contribution in [0.3, 0.4) is 0 Å². The molecule has 0 amide bonds. The molecule has 1 atom stereocenters. The van der Waals surface area contributed by atoms with Gasteiger partial charge in [-0.15, -0.1) is 0 Å². The van der Waals surface area contributed by atoms with Crippen LogP contribution in [-0.4, -0.2) is 34.3 Å². The minimum Gasteiger partial charge on any atom is -0.439 e. The lowest BCUT2D eigenvalue weighted by atomic mass is 10.2. The zero-order chi connectivity index (χ0) is 20.6. The number of nitrogens with one attached hydrogen (secondary N) is 2. The van der Waals surface area contributed by atoms with Crippen LogP contribution in [0.4, 0.5) is 5.95 Å². The van der Waals surface area contributed by atoms with Crippen molar-refractivity contribution in [3.05, 3.63) is 66.7 Å². The van der Waals surface area contributed by atoms with Gasteiger partial charge in [0.05, 0.1) is 12.2 Å². The van der Waals surface area contributed by atoms with Crippen LogP contribution in [0.1, 0.15) is 12.8 Å². The lowest BCUT2D eigenvalue weighted by molar-refractivity contribution is 0.114. The van der Waals surface area contributed by atoms with E-state index in [1.807, 2.05) is 60.7 Å². The van der Waals surface area contributed by atoms with Gasteiger partial charge >= 0.3 is 0 Å². The standard InChI is InChI=1S/C22H22N4O3S/c30-22(23-15-18-12-7-13-27-18)26-21-24-19(28-16-8-3-1-4-9-16)14-20(25-21)29-17-10-5-2-6-11-17/h1-6,8-11,14,18H,7,12-13,15H2,(H2,23,24,25,26,30). The Labute approximate surface area is 180 Å². The third-order valence-corrected chi connectivity index (χ3v) is 4.60. The predicted octanol–water partition coefficient (Wildman–Crippen LogP) is 4.53. The Kier molecular flexibility index (Phi) is 6.68. The lowest BCUT2D eigenvalue weighted by Gasteiger charge is -2.14. The molecule has 0 saturated carbocycles. The number of aromatic nitrogens is 2. The van der Waals surface area contributed by atoms with Gasteiger partial charge in [0.1, 0.15) is 11.5 Å². The average molecular weight is 423 g/mol. The van der Waals surface area contributed by atoms with Crippen LogP contribution in [0, 0.1) is 0 Å². The number of para-hydroxylation sites is 2. The van der Waals surface area contributed by atoms with Crippen molar-refractivity contribution in [2.45, 2.75) is 18.9 Å². The van der Waals surface area contributed by atoms with Gasteiger partial charge in [0.15, 0.2) is 5.11 Å². The number of anilines is 1. The maximum Gasteiger partial charge on any atom is 0.235 e. The first kappa shape index (κ1) is 20.1. The Balaban J connectivity index is 1.49. The number of nitrogens with zero attached hydrogens (tertiary/aromatic N) is 2. The summed E-state index contributed by atoms with van der Waals surface area (Å²) in [4.78, 5) is 8.81. The van der Waals surface area contributed by atoms with Crippen LogP contribution in [0.2, 0.25) is 0 Å². The zero-order valence-corrected chi connectivity index (χ0v) is 17.1. The molecule has 1 aliphatic heterocycles. The molecular weight excluding hydrogens is 400 g/mol. The van der Waals surface area contributed by atoms with Gasteiger partial charge in [-0.2, -0.15) is 9.97 Å². The Morgan fingerprint density at radius 2 is 1.57 bits per heavy atom. The number of benzene rings is 2.